The lowest BCUT2D eigenvalue weighted by Gasteiger charge is -2.20. The number of nitrogens with two attached hydrogens (primary N) is 1. The summed E-state index contributed by atoms with van der Waals surface area (Å²) in [6, 6.07) is 0.00694. The van der Waals surface area contributed by atoms with Gasteiger partial charge in [0.15, 0.2) is 0 Å². The van der Waals surface area contributed by atoms with Gasteiger partial charge in [0.25, 0.3) is 0 Å². The predicted octanol–water partition coefficient (Wildman–Crippen LogP) is 1.56. The minimum absolute atomic E-state index is 0.378. The van der Waals surface area contributed by atoms with Gasteiger partial charge in [-0.3, -0.25) is 10.9 Å². The summed E-state index contributed by atoms with van der Waals surface area (Å²) >= 11 is 0. The Morgan fingerprint density at radius 3 is 1.94 bits per heavy atom. The smallest absolute Gasteiger partial charge is 0.275 e. The lowest BCUT2D eigenvalue weighted by Crippen LogP contribution is -2.50. The summed E-state index contributed by atoms with van der Waals surface area (Å²) in [7, 11) is 0. The standard InChI is InChI=1S/C11H24N4O/c12-13-11(16)15-14-10-8-6-4-2-1-3-5-7-9-10/h10,14H,1-9,12H2,(H2,13,15,16). The van der Waals surface area contributed by atoms with Crippen LogP contribution in [0.15, 0.2) is 0 Å². The summed E-state index contributed by atoms with van der Waals surface area (Å²) < 4.78 is 0. The van der Waals surface area contributed by atoms with Crippen LogP contribution in [0.1, 0.15) is 57.8 Å². The Labute approximate surface area is 97.5 Å². The van der Waals surface area contributed by atoms with Crippen LogP contribution in [0.2, 0.25) is 0 Å². The van der Waals surface area contributed by atoms with E-state index in [1.807, 2.05) is 5.43 Å². The summed E-state index contributed by atoms with van der Waals surface area (Å²) in [5.41, 5.74) is 7.65. The van der Waals surface area contributed by atoms with E-state index < -0.39 is 0 Å². The summed E-state index contributed by atoms with van der Waals surface area (Å²) in [6.07, 6.45) is 11.4. The number of urea groups is 1. The van der Waals surface area contributed by atoms with Crippen molar-refractivity contribution in [3.8, 4) is 0 Å². The van der Waals surface area contributed by atoms with Crippen molar-refractivity contribution in [1.82, 2.24) is 16.3 Å². The molecule has 0 atom stereocenters. The Morgan fingerprint density at radius 1 is 0.938 bits per heavy atom. The van der Waals surface area contributed by atoms with Gasteiger partial charge in [-0.15, -0.1) is 0 Å². The van der Waals surface area contributed by atoms with E-state index >= 15 is 0 Å². The van der Waals surface area contributed by atoms with Gasteiger partial charge in [-0.2, -0.15) is 0 Å². The van der Waals surface area contributed by atoms with Crippen LogP contribution in [-0.2, 0) is 0 Å². The number of hydrogen-bond acceptors (Lipinski definition) is 3. The van der Waals surface area contributed by atoms with E-state index in [-0.39, 0.29) is 6.03 Å². The van der Waals surface area contributed by atoms with Gasteiger partial charge < -0.3 is 0 Å². The molecule has 0 aromatic rings. The Hall–Kier alpha value is -0.810. The Bertz CT molecular complexity index is 188. The van der Waals surface area contributed by atoms with Crippen LogP contribution in [0.5, 0.6) is 0 Å². The van der Waals surface area contributed by atoms with E-state index in [2.05, 4.69) is 10.9 Å². The highest BCUT2D eigenvalue weighted by molar-refractivity contribution is 5.72. The Balaban J connectivity index is 2.22. The second kappa shape index (κ2) is 8.35. The van der Waals surface area contributed by atoms with Crippen LogP contribution in [0.25, 0.3) is 0 Å². The topological polar surface area (TPSA) is 79.2 Å². The molecule has 1 aliphatic rings. The maximum Gasteiger partial charge on any atom is 0.343 e. The minimum atomic E-state index is -0.378. The lowest BCUT2D eigenvalue weighted by molar-refractivity contribution is 0.231. The molecule has 0 unspecified atom stereocenters. The average Bonchev–Trinajstić information content (AvgIpc) is 2.33. The van der Waals surface area contributed by atoms with Crippen molar-refractivity contribution in [3.05, 3.63) is 0 Å². The number of rotatable bonds is 2. The third kappa shape index (κ3) is 5.92. The molecule has 2 amide bonds. The third-order valence-corrected chi connectivity index (χ3v) is 3.13. The molecule has 1 rings (SSSR count). The van der Waals surface area contributed by atoms with Crippen molar-refractivity contribution < 1.29 is 4.79 Å². The summed E-state index contributed by atoms with van der Waals surface area (Å²) in [4.78, 5) is 10.9. The van der Waals surface area contributed by atoms with Gasteiger partial charge >= 0.3 is 6.03 Å². The molecule has 16 heavy (non-hydrogen) atoms. The van der Waals surface area contributed by atoms with Gasteiger partial charge in [0.1, 0.15) is 0 Å². The number of amides is 2. The first-order valence-electron chi connectivity index (χ1n) is 6.35. The fraction of sp³-hybridized carbons (Fsp3) is 0.909. The monoisotopic (exact) mass is 228 g/mol. The van der Waals surface area contributed by atoms with E-state index in [0.29, 0.717) is 6.04 Å². The molecule has 0 spiro atoms. The molecule has 1 saturated carbocycles. The first kappa shape index (κ1) is 13.3. The molecule has 0 aliphatic heterocycles. The highest BCUT2D eigenvalue weighted by Crippen LogP contribution is 2.16. The fourth-order valence-electron chi connectivity index (χ4n) is 2.16. The highest BCUT2D eigenvalue weighted by Gasteiger charge is 2.10. The molecule has 5 nitrogen and oxygen atoms in total. The van der Waals surface area contributed by atoms with E-state index in [4.69, 9.17) is 5.84 Å². The van der Waals surface area contributed by atoms with Gasteiger partial charge in [-0.1, -0.05) is 44.9 Å². The van der Waals surface area contributed by atoms with Crippen LogP contribution in [-0.4, -0.2) is 12.1 Å². The molecule has 1 aliphatic carbocycles. The molecule has 0 heterocycles. The Kier molecular flexibility index (Phi) is 6.92. The van der Waals surface area contributed by atoms with Crippen LogP contribution >= 0.6 is 0 Å². The van der Waals surface area contributed by atoms with Gasteiger partial charge in [-0.05, 0) is 12.8 Å². The average molecular weight is 228 g/mol. The number of carbonyl (C=O) groups excluding carboxylic acids is 1. The van der Waals surface area contributed by atoms with Gasteiger partial charge in [0, 0.05) is 6.04 Å². The molecule has 0 aromatic carbocycles. The number of carbonyl (C=O) groups is 1. The molecule has 0 saturated heterocycles. The van der Waals surface area contributed by atoms with Crippen LogP contribution in [0.3, 0.4) is 0 Å². The second-order valence-corrected chi connectivity index (χ2v) is 4.49. The Morgan fingerprint density at radius 2 is 1.44 bits per heavy atom. The first-order chi connectivity index (χ1) is 7.83. The number of hydrazine groups is 2. The quantitative estimate of drug-likeness (QED) is 0.329. The molecule has 0 aromatic heterocycles. The molecule has 0 radical (unpaired) electrons. The van der Waals surface area contributed by atoms with E-state index in [0.717, 1.165) is 12.8 Å². The van der Waals surface area contributed by atoms with E-state index in [9.17, 15) is 4.79 Å². The maximum absolute atomic E-state index is 10.9. The fourth-order valence-corrected chi connectivity index (χ4v) is 2.16. The van der Waals surface area contributed by atoms with Crippen molar-refractivity contribution in [2.45, 2.75) is 63.8 Å². The zero-order valence-electron chi connectivity index (χ0n) is 9.93. The zero-order chi connectivity index (χ0) is 11.6. The normalized spacial score (nSPS) is 20.1. The largest absolute Gasteiger partial charge is 0.343 e. The summed E-state index contributed by atoms with van der Waals surface area (Å²) in [6.45, 7) is 0. The van der Waals surface area contributed by atoms with Gasteiger partial charge in [-0.25, -0.2) is 16.1 Å². The highest BCUT2D eigenvalue weighted by atomic mass is 16.2. The van der Waals surface area contributed by atoms with Crippen molar-refractivity contribution in [1.29, 1.82) is 0 Å². The SMILES string of the molecule is NNC(=O)NNC1CCCCCCCCC1. The van der Waals surface area contributed by atoms with E-state index in [1.54, 1.807) is 0 Å². The molecule has 5 heteroatoms. The molecule has 1 fully saturated rings. The summed E-state index contributed by atoms with van der Waals surface area (Å²) in [5, 5.41) is 0. The second-order valence-electron chi connectivity index (χ2n) is 4.49. The lowest BCUT2D eigenvalue weighted by atomic mass is 9.98. The minimum Gasteiger partial charge on any atom is -0.275 e. The molecular formula is C11H24N4O. The predicted molar refractivity (Wildman–Crippen MR) is 64.3 cm³/mol. The van der Waals surface area contributed by atoms with Gasteiger partial charge in [0.2, 0.25) is 0 Å². The molecule has 94 valence electrons. The van der Waals surface area contributed by atoms with E-state index in [1.165, 1.54) is 44.9 Å². The zero-order valence-corrected chi connectivity index (χ0v) is 9.93. The van der Waals surface area contributed by atoms with Crippen LogP contribution in [0, 0.1) is 0 Å². The van der Waals surface area contributed by atoms with Crippen molar-refractivity contribution >= 4 is 6.03 Å². The van der Waals surface area contributed by atoms with Crippen LogP contribution in [0.4, 0.5) is 4.79 Å². The molecule has 5 N–H and O–H groups in total. The maximum atomic E-state index is 10.9. The van der Waals surface area contributed by atoms with Crippen molar-refractivity contribution in [3.63, 3.8) is 0 Å². The van der Waals surface area contributed by atoms with Crippen molar-refractivity contribution in [2.75, 3.05) is 0 Å². The van der Waals surface area contributed by atoms with Crippen LogP contribution < -0.4 is 22.1 Å². The molecule has 0 bridgehead atoms. The van der Waals surface area contributed by atoms with Gasteiger partial charge in [0.05, 0.1) is 0 Å². The first-order valence-corrected chi connectivity index (χ1v) is 6.35. The molecular weight excluding hydrogens is 204 g/mol. The number of hydrogen-bond donors (Lipinski definition) is 4. The summed E-state index contributed by atoms with van der Waals surface area (Å²) in [5.74, 6) is 4.99. The van der Waals surface area contributed by atoms with Crippen molar-refractivity contribution in [2.24, 2.45) is 5.84 Å². The third-order valence-electron chi connectivity index (χ3n) is 3.13. The number of nitrogens with one attached hydrogen (secondary N) is 3.